The Morgan fingerprint density at radius 1 is 0.523 bits per heavy atom. The molecule has 2 saturated heterocycles. The van der Waals surface area contributed by atoms with Crippen LogP contribution in [-0.4, -0.2) is 175 Å². The van der Waals surface area contributed by atoms with Crippen molar-refractivity contribution >= 4 is 31.6 Å². The predicted octanol–water partition coefficient (Wildman–Crippen LogP) is 9.16. The van der Waals surface area contributed by atoms with Gasteiger partial charge in [-0.2, -0.15) is 0 Å². The molecule has 0 bridgehead atoms. The molecule has 0 spiro atoms. The van der Waals surface area contributed by atoms with Gasteiger partial charge in [-0.3, -0.25) is 32.7 Å². The highest BCUT2D eigenvalue weighted by Gasteiger charge is 2.50. The lowest BCUT2D eigenvalue weighted by atomic mass is 9.97. The van der Waals surface area contributed by atoms with E-state index in [1.165, 1.54) is 84.0 Å². The van der Waals surface area contributed by atoms with Gasteiger partial charge in [-0.05, 0) is 90.4 Å². The van der Waals surface area contributed by atoms with Crippen LogP contribution in [0, 0.1) is 0 Å². The van der Waals surface area contributed by atoms with Gasteiger partial charge < -0.3 is 69.7 Å². The van der Waals surface area contributed by atoms with Crippen molar-refractivity contribution in [2.24, 2.45) is 0 Å². The summed E-state index contributed by atoms with van der Waals surface area (Å²) in [4.78, 5) is 50.9. The summed E-state index contributed by atoms with van der Waals surface area (Å²) < 4.78 is 63.2. The van der Waals surface area contributed by atoms with Gasteiger partial charge in [-0.15, -0.1) is 0 Å². The van der Waals surface area contributed by atoms with E-state index in [1.54, 1.807) is 0 Å². The zero-order chi connectivity index (χ0) is 63.1. The van der Waals surface area contributed by atoms with E-state index in [4.69, 9.17) is 42.0 Å². The summed E-state index contributed by atoms with van der Waals surface area (Å²) in [7, 11) is -3.06. The van der Waals surface area contributed by atoms with E-state index in [1.807, 2.05) is 0 Å². The van der Waals surface area contributed by atoms with E-state index < -0.39 is 100 Å². The molecule has 23 heteroatoms. The van der Waals surface area contributed by atoms with E-state index in [2.05, 4.69) is 48.8 Å². The molecule has 0 aliphatic carbocycles. The predicted molar refractivity (Wildman–Crippen MR) is 326 cm³/mol. The minimum atomic E-state index is -4.20. The average molecular weight is 1250 g/mol. The molecular weight excluding hydrogens is 1140 g/mol. The number of rotatable bonds is 54. The van der Waals surface area contributed by atoms with Crippen LogP contribution < -0.4 is 10.6 Å². The normalized spacial score (nSPS) is 23.6. The minimum Gasteiger partial charge on any atom is -0.462 e. The topological polar surface area (TPSA) is 314 Å². The lowest BCUT2D eigenvalue weighted by molar-refractivity contribution is -0.364. The number of esters is 2. The number of nitrogens with one attached hydrogen (secondary N) is 2. The smallest absolute Gasteiger partial charge is 0.462 e. The molecule has 5 unspecified atom stereocenters. The molecule has 22 nitrogen and oxygen atoms in total. The second-order valence-electron chi connectivity index (χ2n) is 22.8. The fourth-order valence-electron chi connectivity index (χ4n) is 9.83. The molecule has 0 radical (unpaired) electrons. The van der Waals surface area contributed by atoms with E-state index in [0.717, 1.165) is 84.2 Å². The first-order valence-electron chi connectivity index (χ1n) is 32.8. The second kappa shape index (κ2) is 50.8. The molecule has 0 aromatic carbocycles. The van der Waals surface area contributed by atoms with Gasteiger partial charge in [-0.25, -0.2) is 4.57 Å². The summed E-state index contributed by atoms with van der Waals surface area (Å²) >= 11 is 0. The Hall–Kier alpha value is -2.93. The summed E-state index contributed by atoms with van der Waals surface area (Å²) in [5, 5.41) is 67.0. The van der Waals surface area contributed by atoms with Crippen molar-refractivity contribution in [3.05, 3.63) is 24.3 Å². The number of phosphoric ester groups is 1. The van der Waals surface area contributed by atoms with E-state index in [-0.39, 0.29) is 76.8 Å². The first-order valence-corrected chi connectivity index (χ1v) is 34.3. The van der Waals surface area contributed by atoms with E-state index in [0.29, 0.717) is 25.7 Å². The highest BCUT2D eigenvalue weighted by atomic mass is 31.2. The quantitative estimate of drug-likeness (QED) is 0.0122. The number of allylic oxidation sites excluding steroid dienone is 4. The molecule has 2 fully saturated rings. The molecule has 8 N–H and O–H groups in total. The molecule has 86 heavy (non-hydrogen) atoms. The van der Waals surface area contributed by atoms with Gasteiger partial charge in [0, 0.05) is 45.9 Å². The lowest BCUT2D eigenvalue weighted by Gasteiger charge is -2.45. The van der Waals surface area contributed by atoms with E-state index in [9.17, 15) is 54.4 Å². The summed E-state index contributed by atoms with van der Waals surface area (Å²) in [5.41, 5.74) is 0. The number of phosphoric acid groups is 1. The van der Waals surface area contributed by atoms with Crippen molar-refractivity contribution < 1.29 is 96.4 Å². The van der Waals surface area contributed by atoms with Gasteiger partial charge in [0.15, 0.2) is 18.7 Å². The van der Waals surface area contributed by atoms with Crippen LogP contribution in [-0.2, 0) is 65.7 Å². The van der Waals surface area contributed by atoms with Gasteiger partial charge >= 0.3 is 19.8 Å². The van der Waals surface area contributed by atoms with Crippen molar-refractivity contribution in [2.45, 2.75) is 300 Å². The summed E-state index contributed by atoms with van der Waals surface area (Å²) in [6, 6.07) is 0. The van der Waals surface area contributed by atoms with E-state index >= 15 is 0 Å². The van der Waals surface area contributed by atoms with Crippen molar-refractivity contribution in [1.29, 1.82) is 0 Å². The molecule has 12 atom stereocenters. The van der Waals surface area contributed by atoms with Crippen molar-refractivity contribution in [3.63, 3.8) is 0 Å². The summed E-state index contributed by atoms with van der Waals surface area (Å²) in [6.45, 7) is 4.39. The fourth-order valence-corrected chi connectivity index (χ4v) is 10.8. The Morgan fingerprint density at radius 3 is 1.53 bits per heavy atom. The number of ether oxygens (including phenoxy) is 6. The van der Waals surface area contributed by atoms with Crippen molar-refractivity contribution in [1.82, 2.24) is 10.6 Å². The van der Waals surface area contributed by atoms with Crippen LogP contribution in [0.5, 0.6) is 0 Å². The number of hydrogen-bond acceptors (Lipinski definition) is 20. The third-order valence-electron chi connectivity index (χ3n) is 15.2. The molecule has 0 aromatic rings. The Labute approximate surface area is 514 Å². The van der Waals surface area contributed by atoms with Crippen molar-refractivity contribution in [2.75, 3.05) is 53.2 Å². The number of unbranched alkanes of at least 4 members (excludes halogenated alkanes) is 23. The maximum atomic E-state index is 13.4. The van der Waals surface area contributed by atoms with Gasteiger partial charge in [0.05, 0.1) is 32.5 Å². The maximum Gasteiger partial charge on any atom is 0.474 e. The molecular formula is C63H115N2O20P. The average Bonchev–Trinajstić information content (AvgIpc) is 1.32. The Kier molecular flexibility index (Phi) is 46.7. The molecule has 2 aliphatic rings. The molecule has 2 rings (SSSR count). The molecule has 0 aromatic heterocycles. The Bertz CT molecular complexity index is 1850. The monoisotopic (exact) mass is 1250 g/mol. The Balaban J connectivity index is 1.72. The van der Waals surface area contributed by atoms with Crippen LogP contribution in [0.1, 0.15) is 233 Å². The molecule has 0 saturated carbocycles. The minimum absolute atomic E-state index is 0.0304. The number of carbonyl (C=O) groups excluding carboxylic acids is 4. The van der Waals surface area contributed by atoms with Crippen LogP contribution in [0.4, 0.5) is 0 Å². The van der Waals surface area contributed by atoms with Crippen LogP contribution in [0.15, 0.2) is 24.3 Å². The zero-order valence-electron chi connectivity index (χ0n) is 52.8. The second-order valence-corrected chi connectivity index (χ2v) is 24.6. The standard InChI is InChI=1S/C63H115N2O20P/c1-5-7-9-11-13-15-17-19-21-23-25-27-29-31-33-40-54(69)79-47-50(83-55(70)41-34-32-30-28-26-24-22-20-18-16-14-12-10-8-6-2)48-81-86(76,77-4)80-45-43-65-53(68)39-36-35-38-52(67)64-42-37-44-78-63-61(59(74)57(72)51(46-66)84-63)85-62-60(75)58(73)56(71)49(3)82-62/h19-22,49-51,56-63,66,71-75H,5-18,23-48H2,1-4H3,(H,64,67)(H,65,68)/b21-19+,22-20+/t49?,50-,51?,56-,57+,58+,59+,60?,61?,62+,63-,86?/m1/s1. The SMILES string of the molecule is CCCCCCCC/C=C/CCCCCCCC(=O)OC[C@H](COP(=O)(OC)OCCNC(=O)CCCCC(=O)NCCCO[C@@H]1OC(CO)[C@H](O)[C@H](O)C1O[C@@H]1OC(C)[C@@H](O)[C@H](O)C1O)OC(=O)CCCCCCC/C=C/CCCCCCCC. The molecule has 2 amide bonds. The highest BCUT2D eigenvalue weighted by molar-refractivity contribution is 7.48. The maximum absolute atomic E-state index is 13.4. The van der Waals surface area contributed by atoms with Gasteiger partial charge in [-0.1, -0.05) is 141 Å². The van der Waals surface area contributed by atoms with Crippen LogP contribution in [0.2, 0.25) is 0 Å². The Morgan fingerprint density at radius 2 is 1.01 bits per heavy atom. The van der Waals surface area contributed by atoms with Crippen LogP contribution in [0.25, 0.3) is 0 Å². The zero-order valence-corrected chi connectivity index (χ0v) is 53.7. The molecule has 2 aliphatic heterocycles. The van der Waals surface area contributed by atoms with Gasteiger partial charge in [0.25, 0.3) is 0 Å². The summed E-state index contributed by atoms with van der Waals surface area (Å²) in [5.74, 6) is -1.53. The first kappa shape index (κ1) is 79.2. The number of hydrogen-bond donors (Lipinski definition) is 8. The third-order valence-corrected chi connectivity index (χ3v) is 16.6. The fraction of sp³-hybridized carbons (Fsp3) is 0.873. The number of carbonyl (C=O) groups is 4. The van der Waals surface area contributed by atoms with Crippen LogP contribution >= 0.6 is 7.82 Å². The summed E-state index contributed by atoms with van der Waals surface area (Å²) in [6.07, 6.45) is 24.7. The number of aliphatic hydroxyl groups is 6. The lowest BCUT2D eigenvalue weighted by Crippen LogP contribution is -2.64. The highest BCUT2D eigenvalue weighted by Crippen LogP contribution is 2.48. The molecule has 2 heterocycles. The number of amides is 2. The van der Waals surface area contributed by atoms with Gasteiger partial charge in [0.1, 0.15) is 49.3 Å². The first-order chi connectivity index (χ1) is 41.6. The van der Waals surface area contributed by atoms with Gasteiger partial charge in [0.2, 0.25) is 11.8 Å². The number of aliphatic hydroxyl groups excluding tert-OH is 6. The van der Waals surface area contributed by atoms with Crippen LogP contribution in [0.3, 0.4) is 0 Å². The molecule has 502 valence electrons. The largest absolute Gasteiger partial charge is 0.474 e. The van der Waals surface area contributed by atoms with Crippen molar-refractivity contribution in [3.8, 4) is 0 Å². The third kappa shape index (κ3) is 37.3.